The molecule has 0 atom stereocenters. The van der Waals surface area contributed by atoms with E-state index in [0.29, 0.717) is 23.5 Å². The summed E-state index contributed by atoms with van der Waals surface area (Å²) < 4.78 is 19.9. The fourth-order valence-electron chi connectivity index (χ4n) is 2.30. The van der Waals surface area contributed by atoms with Crippen LogP contribution in [-0.4, -0.2) is 6.29 Å². The standard InChI is InChI=1S/C20H15FO2/c21-20-12-18(23-14-16-4-2-1-3-5-16)10-11-19(20)17-8-6-15(13-22)7-9-17/h1-13H,14H2. The summed E-state index contributed by atoms with van der Waals surface area (Å²) in [6, 6.07) is 21.3. The highest BCUT2D eigenvalue weighted by molar-refractivity contribution is 5.77. The maximum atomic E-state index is 14.3. The number of halogens is 1. The number of aldehydes is 1. The van der Waals surface area contributed by atoms with Gasteiger partial charge in [-0.3, -0.25) is 4.79 Å². The molecule has 0 heterocycles. The fraction of sp³-hybridized carbons (Fsp3) is 0.0500. The molecule has 0 amide bonds. The Balaban J connectivity index is 1.76. The Kier molecular flexibility index (Phi) is 4.48. The molecule has 0 N–H and O–H groups in total. The van der Waals surface area contributed by atoms with E-state index in [-0.39, 0.29) is 5.82 Å². The van der Waals surface area contributed by atoms with E-state index in [2.05, 4.69) is 0 Å². The van der Waals surface area contributed by atoms with Gasteiger partial charge in [0, 0.05) is 17.2 Å². The molecule has 3 heteroatoms. The van der Waals surface area contributed by atoms with Gasteiger partial charge in [0.15, 0.2) is 0 Å². The molecular weight excluding hydrogens is 291 g/mol. The topological polar surface area (TPSA) is 26.3 Å². The second-order valence-corrected chi connectivity index (χ2v) is 5.16. The largest absolute Gasteiger partial charge is 0.489 e. The fourth-order valence-corrected chi connectivity index (χ4v) is 2.30. The van der Waals surface area contributed by atoms with Crippen molar-refractivity contribution in [1.29, 1.82) is 0 Å². The Bertz CT molecular complexity index is 796. The Labute approximate surface area is 134 Å². The minimum Gasteiger partial charge on any atom is -0.489 e. The lowest BCUT2D eigenvalue weighted by Crippen LogP contribution is -1.96. The Morgan fingerprint density at radius 2 is 1.65 bits per heavy atom. The maximum Gasteiger partial charge on any atom is 0.150 e. The van der Waals surface area contributed by atoms with Gasteiger partial charge in [0.05, 0.1) is 0 Å². The molecule has 0 bridgehead atoms. The zero-order valence-electron chi connectivity index (χ0n) is 12.4. The number of hydrogen-bond donors (Lipinski definition) is 0. The summed E-state index contributed by atoms with van der Waals surface area (Å²) in [5.41, 5.74) is 2.80. The van der Waals surface area contributed by atoms with Crippen LogP contribution >= 0.6 is 0 Å². The maximum absolute atomic E-state index is 14.3. The molecule has 0 aliphatic heterocycles. The average Bonchev–Trinajstić information content (AvgIpc) is 2.61. The smallest absolute Gasteiger partial charge is 0.150 e. The minimum atomic E-state index is -0.352. The molecule has 114 valence electrons. The van der Waals surface area contributed by atoms with E-state index in [1.165, 1.54) is 6.07 Å². The van der Waals surface area contributed by atoms with Crippen molar-refractivity contribution >= 4 is 6.29 Å². The second-order valence-electron chi connectivity index (χ2n) is 5.16. The summed E-state index contributed by atoms with van der Waals surface area (Å²) >= 11 is 0. The molecule has 0 spiro atoms. The number of carbonyl (C=O) groups is 1. The number of rotatable bonds is 5. The first-order valence-electron chi connectivity index (χ1n) is 7.28. The molecule has 3 aromatic rings. The first-order valence-corrected chi connectivity index (χ1v) is 7.28. The van der Waals surface area contributed by atoms with Crippen LogP contribution in [0.1, 0.15) is 15.9 Å². The summed E-state index contributed by atoms with van der Waals surface area (Å²) in [5, 5.41) is 0. The monoisotopic (exact) mass is 306 g/mol. The number of ether oxygens (including phenoxy) is 1. The summed E-state index contributed by atoms with van der Waals surface area (Å²) in [4.78, 5) is 10.7. The van der Waals surface area contributed by atoms with Crippen LogP contribution in [0.4, 0.5) is 4.39 Å². The van der Waals surface area contributed by atoms with E-state index < -0.39 is 0 Å². The molecule has 3 aromatic carbocycles. The summed E-state index contributed by atoms with van der Waals surface area (Å²) in [7, 11) is 0. The number of hydrogen-bond acceptors (Lipinski definition) is 2. The SMILES string of the molecule is O=Cc1ccc(-c2ccc(OCc3ccccc3)cc2F)cc1. The quantitative estimate of drug-likeness (QED) is 0.628. The molecule has 0 aliphatic carbocycles. The van der Waals surface area contributed by atoms with E-state index in [0.717, 1.165) is 17.4 Å². The first kappa shape index (κ1) is 15.0. The minimum absolute atomic E-state index is 0.352. The van der Waals surface area contributed by atoms with Gasteiger partial charge >= 0.3 is 0 Å². The molecule has 2 nitrogen and oxygen atoms in total. The van der Waals surface area contributed by atoms with Crippen molar-refractivity contribution in [1.82, 2.24) is 0 Å². The van der Waals surface area contributed by atoms with Crippen LogP contribution in [0, 0.1) is 5.82 Å². The molecule has 0 aromatic heterocycles. The molecule has 0 saturated carbocycles. The predicted molar refractivity (Wildman–Crippen MR) is 88.0 cm³/mol. The van der Waals surface area contributed by atoms with Gasteiger partial charge in [0.1, 0.15) is 24.5 Å². The van der Waals surface area contributed by atoms with Crippen LogP contribution < -0.4 is 4.74 Å². The van der Waals surface area contributed by atoms with Crippen molar-refractivity contribution in [3.8, 4) is 16.9 Å². The van der Waals surface area contributed by atoms with Crippen molar-refractivity contribution < 1.29 is 13.9 Å². The lowest BCUT2D eigenvalue weighted by molar-refractivity contribution is 0.112. The van der Waals surface area contributed by atoms with Gasteiger partial charge < -0.3 is 4.74 Å². The van der Waals surface area contributed by atoms with Crippen molar-refractivity contribution in [3.05, 3.63) is 89.7 Å². The summed E-state index contributed by atoms with van der Waals surface area (Å²) in [6.07, 6.45) is 0.765. The molecule has 0 fully saturated rings. The van der Waals surface area contributed by atoms with Crippen LogP contribution in [0.5, 0.6) is 5.75 Å². The lowest BCUT2D eigenvalue weighted by atomic mass is 10.0. The Morgan fingerprint density at radius 3 is 2.30 bits per heavy atom. The van der Waals surface area contributed by atoms with E-state index >= 15 is 0 Å². The number of carbonyl (C=O) groups excluding carboxylic acids is 1. The highest BCUT2D eigenvalue weighted by Crippen LogP contribution is 2.26. The third-order valence-electron chi connectivity index (χ3n) is 3.55. The van der Waals surface area contributed by atoms with Crippen molar-refractivity contribution in [2.24, 2.45) is 0 Å². The van der Waals surface area contributed by atoms with Crippen LogP contribution in [0.2, 0.25) is 0 Å². The third-order valence-corrected chi connectivity index (χ3v) is 3.55. The van der Waals surface area contributed by atoms with Crippen LogP contribution in [-0.2, 0) is 6.61 Å². The van der Waals surface area contributed by atoms with E-state index in [1.54, 1.807) is 36.4 Å². The van der Waals surface area contributed by atoms with E-state index in [4.69, 9.17) is 4.74 Å². The Morgan fingerprint density at radius 1 is 0.913 bits per heavy atom. The normalized spacial score (nSPS) is 10.3. The van der Waals surface area contributed by atoms with E-state index in [9.17, 15) is 9.18 Å². The van der Waals surface area contributed by atoms with Gasteiger partial charge in [0.25, 0.3) is 0 Å². The van der Waals surface area contributed by atoms with Crippen molar-refractivity contribution in [3.63, 3.8) is 0 Å². The summed E-state index contributed by atoms with van der Waals surface area (Å²) in [6.45, 7) is 0.396. The van der Waals surface area contributed by atoms with Gasteiger partial charge in [0.2, 0.25) is 0 Å². The van der Waals surface area contributed by atoms with Crippen LogP contribution in [0.3, 0.4) is 0 Å². The molecule has 0 unspecified atom stereocenters. The summed E-state index contributed by atoms with van der Waals surface area (Å²) in [5.74, 6) is 0.133. The molecule has 0 aliphatic rings. The zero-order chi connectivity index (χ0) is 16.1. The molecule has 3 rings (SSSR count). The molecule has 0 saturated heterocycles. The average molecular weight is 306 g/mol. The molecular formula is C20H15FO2. The van der Waals surface area contributed by atoms with Crippen molar-refractivity contribution in [2.75, 3.05) is 0 Å². The predicted octanol–water partition coefficient (Wildman–Crippen LogP) is 4.88. The van der Waals surface area contributed by atoms with Crippen molar-refractivity contribution in [2.45, 2.75) is 6.61 Å². The first-order chi connectivity index (χ1) is 11.3. The zero-order valence-corrected chi connectivity index (χ0v) is 12.4. The van der Waals surface area contributed by atoms with E-state index in [1.807, 2.05) is 30.3 Å². The highest BCUT2D eigenvalue weighted by atomic mass is 19.1. The highest BCUT2D eigenvalue weighted by Gasteiger charge is 2.07. The van der Waals surface area contributed by atoms with Gasteiger partial charge in [-0.1, -0.05) is 54.6 Å². The van der Waals surface area contributed by atoms with Gasteiger partial charge in [-0.2, -0.15) is 0 Å². The second kappa shape index (κ2) is 6.88. The van der Waals surface area contributed by atoms with Gasteiger partial charge in [-0.15, -0.1) is 0 Å². The molecule has 23 heavy (non-hydrogen) atoms. The van der Waals surface area contributed by atoms with Gasteiger partial charge in [-0.05, 0) is 23.3 Å². The van der Waals surface area contributed by atoms with Gasteiger partial charge in [-0.25, -0.2) is 4.39 Å². The van der Waals surface area contributed by atoms with Crippen LogP contribution in [0.15, 0.2) is 72.8 Å². The number of benzene rings is 3. The lowest BCUT2D eigenvalue weighted by Gasteiger charge is -2.09. The Hall–Kier alpha value is -2.94. The molecule has 0 radical (unpaired) electrons. The third kappa shape index (κ3) is 3.64. The van der Waals surface area contributed by atoms with Crippen LogP contribution in [0.25, 0.3) is 11.1 Å².